The largest absolute Gasteiger partial charge is 0.0622 e. The van der Waals surface area contributed by atoms with Crippen LogP contribution in [0.25, 0.3) is 43.4 Å². The van der Waals surface area contributed by atoms with Crippen LogP contribution in [-0.2, 0) is 5.41 Å². The normalized spacial score (nSPS) is 14.6. The van der Waals surface area contributed by atoms with Crippen molar-refractivity contribution in [2.75, 3.05) is 0 Å². The standard InChI is InChI=1S/C27H20/c1-27(2)23-15-14-20(17-8-4-3-5-9-17)22-13-12-21-19-11-7-6-10-18(19)16-24(27)26(21)25(22)23/h3-16H,1-2H3. The molecule has 128 valence electrons. The summed E-state index contributed by atoms with van der Waals surface area (Å²) in [5.41, 5.74) is 5.55. The van der Waals surface area contributed by atoms with Crippen LogP contribution in [0.1, 0.15) is 25.0 Å². The van der Waals surface area contributed by atoms with Crippen LogP contribution in [0.4, 0.5) is 0 Å². The van der Waals surface area contributed by atoms with E-state index in [0.717, 1.165) is 0 Å². The summed E-state index contributed by atoms with van der Waals surface area (Å²) < 4.78 is 0. The Morgan fingerprint density at radius 2 is 1.26 bits per heavy atom. The highest BCUT2D eigenvalue weighted by atomic mass is 14.4. The molecule has 0 spiro atoms. The van der Waals surface area contributed by atoms with Gasteiger partial charge < -0.3 is 0 Å². The van der Waals surface area contributed by atoms with Crippen molar-refractivity contribution in [2.45, 2.75) is 19.3 Å². The lowest BCUT2D eigenvalue weighted by Crippen LogP contribution is -2.15. The van der Waals surface area contributed by atoms with Crippen LogP contribution in [0, 0.1) is 0 Å². The van der Waals surface area contributed by atoms with Crippen LogP contribution in [0.5, 0.6) is 0 Å². The van der Waals surface area contributed by atoms with Gasteiger partial charge in [0.2, 0.25) is 0 Å². The van der Waals surface area contributed by atoms with Crippen LogP contribution in [0.15, 0.2) is 84.9 Å². The fraction of sp³-hybridized carbons (Fsp3) is 0.111. The number of hydrogen-bond donors (Lipinski definition) is 0. The zero-order valence-corrected chi connectivity index (χ0v) is 15.6. The molecule has 0 saturated carbocycles. The first kappa shape index (κ1) is 15.0. The predicted octanol–water partition coefficient (Wildman–Crippen LogP) is 7.45. The van der Waals surface area contributed by atoms with Gasteiger partial charge in [-0.2, -0.15) is 0 Å². The fourth-order valence-corrected chi connectivity index (χ4v) is 5.07. The second kappa shape index (κ2) is 4.98. The van der Waals surface area contributed by atoms with Gasteiger partial charge in [0.05, 0.1) is 0 Å². The first-order chi connectivity index (χ1) is 13.2. The van der Waals surface area contributed by atoms with Crippen molar-refractivity contribution >= 4 is 32.3 Å². The third-order valence-corrected chi connectivity index (χ3v) is 6.43. The van der Waals surface area contributed by atoms with Crippen LogP contribution < -0.4 is 0 Å². The van der Waals surface area contributed by atoms with E-state index in [0.29, 0.717) is 0 Å². The first-order valence-electron chi connectivity index (χ1n) is 9.64. The average molecular weight is 344 g/mol. The summed E-state index contributed by atoms with van der Waals surface area (Å²) in [5, 5.41) is 8.33. The minimum absolute atomic E-state index is 0.0272. The molecule has 0 unspecified atom stereocenters. The lowest BCUT2D eigenvalue weighted by Gasteiger charge is -2.22. The molecule has 0 aliphatic heterocycles. The zero-order valence-electron chi connectivity index (χ0n) is 15.6. The Morgan fingerprint density at radius 1 is 0.556 bits per heavy atom. The molecule has 0 atom stereocenters. The molecule has 0 bridgehead atoms. The van der Waals surface area contributed by atoms with E-state index < -0.39 is 0 Å². The first-order valence-corrected chi connectivity index (χ1v) is 9.64. The predicted molar refractivity (Wildman–Crippen MR) is 117 cm³/mol. The molecule has 0 heterocycles. The van der Waals surface area contributed by atoms with Crippen LogP contribution in [-0.4, -0.2) is 0 Å². The fourth-order valence-electron chi connectivity index (χ4n) is 5.07. The van der Waals surface area contributed by atoms with Crippen LogP contribution in [0.3, 0.4) is 0 Å². The molecule has 1 aliphatic carbocycles. The number of rotatable bonds is 1. The van der Waals surface area contributed by atoms with E-state index in [-0.39, 0.29) is 5.41 Å². The summed E-state index contributed by atoms with van der Waals surface area (Å²) in [7, 11) is 0. The van der Waals surface area contributed by atoms with E-state index in [1.165, 1.54) is 54.6 Å². The van der Waals surface area contributed by atoms with E-state index in [1.54, 1.807) is 0 Å². The molecule has 0 nitrogen and oxygen atoms in total. The molecule has 0 fully saturated rings. The highest BCUT2D eigenvalue weighted by Crippen LogP contribution is 2.51. The summed E-state index contributed by atoms with van der Waals surface area (Å²) in [6.07, 6.45) is 0. The van der Waals surface area contributed by atoms with Crippen molar-refractivity contribution in [3.05, 3.63) is 96.1 Å². The summed E-state index contributed by atoms with van der Waals surface area (Å²) in [6.45, 7) is 4.74. The van der Waals surface area contributed by atoms with Gasteiger partial charge in [-0.3, -0.25) is 0 Å². The van der Waals surface area contributed by atoms with Crippen molar-refractivity contribution in [1.82, 2.24) is 0 Å². The summed E-state index contributed by atoms with van der Waals surface area (Å²) in [4.78, 5) is 0. The second-order valence-electron chi connectivity index (χ2n) is 8.21. The van der Waals surface area contributed by atoms with Crippen LogP contribution in [0.2, 0.25) is 0 Å². The third kappa shape index (κ3) is 1.83. The van der Waals surface area contributed by atoms with Crippen molar-refractivity contribution in [1.29, 1.82) is 0 Å². The van der Waals surface area contributed by atoms with E-state index in [4.69, 9.17) is 0 Å². The minimum atomic E-state index is 0.0272. The molecule has 0 saturated heterocycles. The number of benzene rings is 5. The average Bonchev–Trinajstić information content (AvgIpc) is 2.94. The van der Waals surface area contributed by atoms with E-state index in [1.807, 2.05) is 0 Å². The van der Waals surface area contributed by atoms with Gasteiger partial charge in [-0.15, -0.1) is 0 Å². The molecule has 0 radical (unpaired) electrons. The third-order valence-electron chi connectivity index (χ3n) is 6.43. The van der Waals surface area contributed by atoms with E-state index >= 15 is 0 Å². The maximum atomic E-state index is 2.42. The van der Waals surface area contributed by atoms with E-state index in [9.17, 15) is 0 Å². The van der Waals surface area contributed by atoms with Gasteiger partial charge in [0, 0.05) is 5.41 Å². The molecular formula is C27H20. The van der Waals surface area contributed by atoms with Gasteiger partial charge in [-0.05, 0) is 60.6 Å². The quantitative estimate of drug-likeness (QED) is 0.277. The van der Waals surface area contributed by atoms with Gasteiger partial charge in [-0.1, -0.05) is 92.7 Å². The Bertz CT molecular complexity index is 1370. The minimum Gasteiger partial charge on any atom is -0.0622 e. The van der Waals surface area contributed by atoms with Crippen LogP contribution >= 0.6 is 0 Å². The highest BCUT2D eigenvalue weighted by Gasteiger charge is 2.35. The Balaban J connectivity index is 1.86. The lowest BCUT2D eigenvalue weighted by molar-refractivity contribution is 0.663. The van der Waals surface area contributed by atoms with Gasteiger partial charge in [0.15, 0.2) is 0 Å². The molecule has 5 aromatic rings. The highest BCUT2D eigenvalue weighted by molar-refractivity contribution is 6.24. The lowest BCUT2D eigenvalue weighted by atomic mass is 9.80. The smallest absolute Gasteiger partial charge is 0.0159 e. The maximum absolute atomic E-state index is 2.42. The van der Waals surface area contributed by atoms with Crippen molar-refractivity contribution in [3.63, 3.8) is 0 Å². The summed E-state index contributed by atoms with van der Waals surface area (Å²) in [6, 6.07) is 31.3. The van der Waals surface area contributed by atoms with Gasteiger partial charge in [-0.25, -0.2) is 0 Å². The summed E-state index contributed by atoms with van der Waals surface area (Å²) in [5.74, 6) is 0. The molecule has 0 aromatic heterocycles. The Hall–Kier alpha value is -3.12. The van der Waals surface area contributed by atoms with Gasteiger partial charge in [0.1, 0.15) is 0 Å². The topological polar surface area (TPSA) is 0 Å². The molecule has 1 aliphatic rings. The van der Waals surface area contributed by atoms with Crippen molar-refractivity contribution in [2.24, 2.45) is 0 Å². The Kier molecular flexibility index (Phi) is 2.77. The molecule has 0 heteroatoms. The Labute approximate surface area is 159 Å². The molecule has 0 N–H and O–H groups in total. The van der Waals surface area contributed by atoms with Crippen molar-refractivity contribution in [3.8, 4) is 11.1 Å². The molecule has 5 aromatic carbocycles. The Morgan fingerprint density at radius 3 is 2.11 bits per heavy atom. The molecule has 0 amide bonds. The van der Waals surface area contributed by atoms with E-state index in [2.05, 4.69) is 98.8 Å². The molecule has 27 heavy (non-hydrogen) atoms. The molecular weight excluding hydrogens is 324 g/mol. The number of hydrogen-bond acceptors (Lipinski definition) is 0. The SMILES string of the molecule is CC1(C)c2ccc(-c3ccccc3)c3ccc4c5ccccc5cc1c4c23. The van der Waals surface area contributed by atoms with Gasteiger partial charge in [0.25, 0.3) is 0 Å². The zero-order chi connectivity index (χ0) is 18.2. The van der Waals surface area contributed by atoms with Gasteiger partial charge >= 0.3 is 0 Å². The van der Waals surface area contributed by atoms with Crippen molar-refractivity contribution < 1.29 is 0 Å². The number of fused-ring (bicyclic) bond motifs is 2. The molecule has 6 rings (SSSR count). The maximum Gasteiger partial charge on any atom is 0.0159 e. The second-order valence-corrected chi connectivity index (χ2v) is 8.21. The summed E-state index contributed by atoms with van der Waals surface area (Å²) >= 11 is 0. The monoisotopic (exact) mass is 344 g/mol.